The zero-order chi connectivity index (χ0) is 13.5. The second kappa shape index (κ2) is 4.70. The highest BCUT2D eigenvalue weighted by molar-refractivity contribution is 7.71. The monoisotopic (exact) mass is 284 g/mol. The van der Waals surface area contributed by atoms with Crippen LogP contribution in [0, 0.1) is 4.64 Å². The van der Waals surface area contributed by atoms with Crippen LogP contribution in [-0.4, -0.2) is 16.1 Å². The van der Waals surface area contributed by atoms with E-state index in [0.717, 1.165) is 22.8 Å². The number of nitrogens with zero attached hydrogens (tertiary/aromatic N) is 1. The van der Waals surface area contributed by atoms with E-state index in [1.54, 1.807) is 0 Å². The highest BCUT2D eigenvalue weighted by Crippen LogP contribution is 2.38. The van der Waals surface area contributed by atoms with Gasteiger partial charge in [-0.3, -0.25) is 0 Å². The molecular weight excluding hydrogens is 268 g/mol. The maximum atomic E-state index is 5.85. The lowest BCUT2D eigenvalue weighted by Gasteiger charge is -2.08. The quantitative estimate of drug-likeness (QED) is 0.854. The second-order valence-corrected chi connectivity index (χ2v) is 6.06. The van der Waals surface area contributed by atoms with E-state index < -0.39 is 0 Å². The fourth-order valence-corrected chi connectivity index (χ4v) is 2.51. The molecule has 1 N–H and O–H groups in total. The number of benzene rings is 1. The predicted molar refractivity (Wildman–Crippen MR) is 80.5 cm³/mol. The minimum absolute atomic E-state index is 0.420. The third-order valence-electron chi connectivity index (χ3n) is 3.70. The Hall–Kier alpha value is -1.68. The number of ether oxygens (including phenoxy) is 1. The molecule has 2 saturated carbocycles. The SMILES string of the molecule is S=c1cc(-c2cccc(OC3CC3)c2)[nH]c(C2CC2)n1. The van der Waals surface area contributed by atoms with Crippen molar-refractivity contribution in [3.05, 3.63) is 40.8 Å². The number of hydrogen-bond acceptors (Lipinski definition) is 3. The summed E-state index contributed by atoms with van der Waals surface area (Å²) < 4.78 is 6.51. The number of aromatic nitrogens is 2. The molecule has 4 rings (SSSR count). The topological polar surface area (TPSA) is 37.9 Å². The summed E-state index contributed by atoms with van der Waals surface area (Å²) in [5.41, 5.74) is 2.15. The first-order valence-electron chi connectivity index (χ1n) is 7.16. The fraction of sp³-hybridized carbons (Fsp3) is 0.375. The third kappa shape index (κ3) is 2.61. The van der Waals surface area contributed by atoms with Gasteiger partial charge in [-0.15, -0.1) is 0 Å². The van der Waals surface area contributed by atoms with E-state index in [1.165, 1.54) is 25.7 Å². The first-order chi connectivity index (χ1) is 9.78. The number of nitrogens with one attached hydrogen (secondary N) is 1. The van der Waals surface area contributed by atoms with Gasteiger partial charge < -0.3 is 9.72 Å². The molecule has 2 aliphatic rings. The number of rotatable bonds is 4. The summed E-state index contributed by atoms with van der Waals surface area (Å²) in [6.45, 7) is 0. The molecule has 2 aliphatic carbocycles. The number of hydrogen-bond donors (Lipinski definition) is 1. The van der Waals surface area contributed by atoms with E-state index in [9.17, 15) is 0 Å². The lowest BCUT2D eigenvalue weighted by molar-refractivity contribution is 0.303. The summed E-state index contributed by atoms with van der Waals surface area (Å²) >= 11 is 5.28. The van der Waals surface area contributed by atoms with Gasteiger partial charge in [0.2, 0.25) is 0 Å². The van der Waals surface area contributed by atoms with Crippen molar-refractivity contribution in [1.82, 2.24) is 9.97 Å². The Bertz CT molecular complexity index is 702. The van der Waals surface area contributed by atoms with Crippen LogP contribution in [-0.2, 0) is 0 Å². The van der Waals surface area contributed by atoms with Gasteiger partial charge in [0.15, 0.2) is 0 Å². The molecule has 1 heterocycles. The molecule has 0 unspecified atom stereocenters. The second-order valence-electron chi connectivity index (χ2n) is 5.64. The van der Waals surface area contributed by atoms with E-state index in [0.29, 0.717) is 16.7 Å². The molecule has 3 nitrogen and oxygen atoms in total. The van der Waals surface area contributed by atoms with Gasteiger partial charge in [-0.05, 0) is 43.9 Å². The summed E-state index contributed by atoms with van der Waals surface area (Å²) in [5, 5.41) is 0. The molecule has 2 fully saturated rings. The summed E-state index contributed by atoms with van der Waals surface area (Å²) in [4.78, 5) is 7.86. The Balaban J connectivity index is 1.70. The van der Waals surface area contributed by atoms with Crippen molar-refractivity contribution in [2.75, 3.05) is 0 Å². The van der Waals surface area contributed by atoms with Crippen LogP contribution in [0.1, 0.15) is 37.4 Å². The van der Waals surface area contributed by atoms with Gasteiger partial charge in [0, 0.05) is 17.2 Å². The molecule has 2 aromatic rings. The van der Waals surface area contributed by atoms with Gasteiger partial charge in [0.05, 0.1) is 6.10 Å². The fourth-order valence-electron chi connectivity index (χ4n) is 2.30. The van der Waals surface area contributed by atoms with Crippen molar-refractivity contribution >= 4 is 12.2 Å². The minimum Gasteiger partial charge on any atom is -0.490 e. The van der Waals surface area contributed by atoms with Crippen molar-refractivity contribution in [2.24, 2.45) is 0 Å². The van der Waals surface area contributed by atoms with Crippen LogP contribution < -0.4 is 4.74 Å². The summed E-state index contributed by atoms with van der Waals surface area (Å²) in [7, 11) is 0. The largest absolute Gasteiger partial charge is 0.490 e. The third-order valence-corrected chi connectivity index (χ3v) is 3.91. The van der Waals surface area contributed by atoms with Crippen LogP contribution in [0.25, 0.3) is 11.3 Å². The highest BCUT2D eigenvalue weighted by atomic mass is 32.1. The van der Waals surface area contributed by atoms with Crippen molar-refractivity contribution in [3.8, 4) is 17.0 Å². The highest BCUT2D eigenvalue weighted by Gasteiger charge is 2.26. The summed E-state index contributed by atoms with van der Waals surface area (Å²) in [6.07, 6.45) is 5.20. The van der Waals surface area contributed by atoms with Gasteiger partial charge in [-0.25, -0.2) is 4.98 Å². The van der Waals surface area contributed by atoms with Gasteiger partial charge in [0.25, 0.3) is 0 Å². The Morgan fingerprint density at radius 1 is 1.15 bits per heavy atom. The average molecular weight is 284 g/mol. The molecule has 0 aliphatic heterocycles. The van der Waals surface area contributed by atoms with E-state index >= 15 is 0 Å². The van der Waals surface area contributed by atoms with Crippen LogP contribution in [0.15, 0.2) is 30.3 Å². The van der Waals surface area contributed by atoms with Crippen LogP contribution >= 0.6 is 12.2 Å². The van der Waals surface area contributed by atoms with Crippen molar-refractivity contribution in [1.29, 1.82) is 0 Å². The Labute approximate surface area is 123 Å². The maximum absolute atomic E-state index is 5.85. The normalized spacial score (nSPS) is 18.0. The maximum Gasteiger partial charge on any atom is 0.130 e. The molecule has 4 heteroatoms. The molecule has 102 valence electrons. The van der Waals surface area contributed by atoms with Crippen LogP contribution in [0.4, 0.5) is 0 Å². The van der Waals surface area contributed by atoms with Crippen molar-refractivity contribution < 1.29 is 4.74 Å². The first kappa shape index (κ1) is 12.1. The molecular formula is C16H16N2OS. The van der Waals surface area contributed by atoms with Gasteiger partial charge in [-0.2, -0.15) is 0 Å². The molecule has 1 aromatic carbocycles. The zero-order valence-electron chi connectivity index (χ0n) is 11.1. The smallest absolute Gasteiger partial charge is 0.130 e. The van der Waals surface area contributed by atoms with E-state index in [2.05, 4.69) is 22.1 Å². The van der Waals surface area contributed by atoms with E-state index in [-0.39, 0.29) is 0 Å². The van der Waals surface area contributed by atoms with Gasteiger partial charge in [0.1, 0.15) is 16.2 Å². The van der Waals surface area contributed by atoms with Crippen LogP contribution in [0.2, 0.25) is 0 Å². The van der Waals surface area contributed by atoms with Gasteiger partial charge in [-0.1, -0.05) is 24.4 Å². The van der Waals surface area contributed by atoms with Gasteiger partial charge >= 0.3 is 0 Å². The molecule has 0 atom stereocenters. The molecule has 0 radical (unpaired) electrons. The summed E-state index contributed by atoms with van der Waals surface area (Å²) in [6, 6.07) is 10.1. The Kier molecular flexibility index (Phi) is 2.84. The lowest BCUT2D eigenvalue weighted by atomic mass is 10.1. The summed E-state index contributed by atoms with van der Waals surface area (Å²) in [5.74, 6) is 2.54. The molecule has 0 bridgehead atoms. The molecule has 20 heavy (non-hydrogen) atoms. The molecule has 0 spiro atoms. The average Bonchev–Trinajstić information content (AvgIpc) is 3.32. The van der Waals surface area contributed by atoms with E-state index in [1.807, 2.05) is 18.2 Å². The van der Waals surface area contributed by atoms with Crippen LogP contribution in [0.5, 0.6) is 5.75 Å². The minimum atomic E-state index is 0.420. The lowest BCUT2D eigenvalue weighted by Crippen LogP contribution is -1.97. The molecule has 0 saturated heterocycles. The van der Waals surface area contributed by atoms with Crippen molar-refractivity contribution in [2.45, 2.75) is 37.7 Å². The number of aromatic amines is 1. The molecule has 1 aromatic heterocycles. The Morgan fingerprint density at radius 3 is 2.75 bits per heavy atom. The van der Waals surface area contributed by atoms with Crippen LogP contribution in [0.3, 0.4) is 0 Å². The predicted octanol–water partition coefficient (Wildman–Crippen LogP) is 4.22. The van der Waals surface area contributed by atoms with Crippen molar-refractivity contribution in [3.63, 3.8) is 0 Å². The van der Waals surface area contributed by atoms with E-state index in [4.69, 9.17) is 17.0 Å². The Morgan fingerprint density at radius 2 is 2.00 bits per heavy atom. The zero-order valence-corrected chi connectivity index (χ0v) is 12.0. The number of H-pyrrole nitrogens is 1. The standard InChI is InChI=1S/C16H16N2OS/c20-15-9-14(17-16(18-15)10-4-5-10)11-2-1-3-13(8-11)19-12-6-7-12/h1-3,8-10,12H,4-7H2,(H,17,18,20). The molecule has 0 amide bonds. The first-order valence-corrected chi connectivity index (χ1v) is 7.57.